The molecule has 2 heterocycles. The molecule has 0 aliphatic rings. The van der Waals surface area contributed by atoms with Crippen molar-refractivity contribution in [2.45, 2.75) is 26.7 Å². The number of hydrogen-bond donors (Lipinski definition) is 2. The van der Waals surface area contributed by atoms with Crippen molar-refractivity contribution in [2.75, 3.05) is 0 Å². The molecule has 2 aromatic heterocycles. The first-order chi connectivity index (χ1) is 10.1. The number of benzene rings is 1. The van der Waals surface area contributed by atoms with E-state index in [0.717, 1.165) is 17.4 Å². The average molecular weight is 284 g/mol. The summed E-state index contributed by atoms with van der Waals surface area (Å²) in [6.45, 7) is 3.76. The maximum atomic E-state index is 12.1. The first kappa shape index (κ1) is 13.4. The van der Waals surface area contributed by atoms with E-state index >= 15 is 0 Å². The molecule has 0 saturated carbocycles. The van der Waals surface area contributed by atoms with E-state index in [4.69, 9.17) is 4.42 Å². The number of nitrogens with zero attached hydrogens (tertiary/aromatic N) is 1. The fourth-order valence-corrected chi connectivity index (χ4v) is 2.54. The van der Waals surface area contributed by atoms with Crippen molar-refractivity contribution < 1.29 is 9.52 Å². The third kappa shape index (κ3) is 2.20. The predicted molar refractivity (Wildman–Crippen MR) is 80.5 cm³/mol. The summed E-state index contributed by atoms with van der Waals surface area (Å²) in [5.41, 5.74) is 1.46. The molecule has 108 valence electrons. The number of aromatic hydroxyl groups is 1. The number of aryl methyl sites for hydroxylation is 1. The zero-order valence-corrected chi connectivity index (χ0v) is 11.9. The highest BCUT2D eigenvalue weighted by Crippen LogP contribution is 2.32. The Morgan fingerprint density at radius 1 is 1.33 bits per heavy atom. The summed E-state index contributed by atoms with van der Waals surface area (Å²) in [5.74, 6) is 0.780. The molecule has 0 amide bonds. The third-order valence-corrected chi connectivity index (χ3v) is 3.50. The minimum absolute atomic E-state index is 0.208. The maximum absolute atomic E-state index is 12.1. The van der Waals surface area contributed by atoms with E-state index in [-0.39, 0.29) is 11.4 Å². The van der Waals surface area contributed by atoms with E-state index in [0.29, 0.717) is 29.1 Å². The Labute approximate surface area is 121 Å². The molecule has 0 unspecified atom stereocenters. The molecule has 0 saturated heterocycles. The first-order valence-electron chi connectivity index (χ1n) is 6.92. The van der Waals surface area contributed by atoms with Gasteiger partial charge < -0.3 is 14.5 Å². The van der Waals surface area contributed by atoms with Crippen LogP contribution in [0.15, 0.2) is 33.5 Å². The van der Waals surface area contributed by atoms with Crippen molar-refractivity contribution in [3.8, 4) is 17.3 Å². The van der Waals surface area contributed by atoms with Crippen LogP contribution in [0.25, 0.3) is 22.4 Å². The summed E-state index contributed by atoms with van der Waals surface area (Å²) < 4.78 is 5.67. The van der Waals surface area contributed by atoms with Gasteiger partial charge in [0.25, 0.3) is 5.56 Å². The smallest absolute Gasteiger partial charge is 0.258 e. The quantitative estimate of drug-likeness (QED) is 0.774. The second kappa shape index (κ2) is 5.09. The Kier molecular flexibility index (Phi) is 3.25. The lowest BCUT2D eigenvalue weighted by Gasteiger charge is -2.05. The van der Waals surface area contributed by atoms with Crippen LogP contribution >= 0.6 is 0 Å². The largest absolute Gasteiger partial charge is 0.493 e. The van der Waals surface area contributed by atoms with Crippen LogP contribution in [0.3, 0.4) is 0 Å². The Bertz CT molecular complexity index is 862. The molecule has 3 rings (SSSR count). The van der Waals surface area contributed by atoms with Gasteiger partial charge in [0.2, 0.25) is 5.88 Å². The molecule has 0 radical (unpaired) electrons. The van der Waals surface area contributed by atoms with Gasteiger partial charge in [-0.3, -0.25) is 4.79 Å². The molecule has 0 atom stereocenters. The Hall–Kier alpha value is -2.56. The topological polar surface area (TPSA) is 79.1 Å². The lowest BCUT2D eigenvalue weighted by Crippen LogP contribution is -2.15. The zero-order valence-electron chi connectivity index (χ0n) is 11.9. The fourth-order valence-electron chi connectivity index (χ4n) is 2.54. The molecule has 2 N–H and O–H groups in total. The Balaban J connectivity index is 2.24. The van der Waals surface area contributed by atoms with Crippen LogP contribution in [0.4, 0.5) is 0 Å². The van der Waals surface area contributed by atoms with E-state index < -0.39 is 0 Å². The SMILES string of the molecule is CCCc1c(O)nc(-c2c(C)oc3ccccc23)[nH]c1=O. The van der Waals surface area contributed by atoms with Gasteiger partial charge in [0.15, 0.2) is 0 Å². The van der Waals surface area contributed by atoms with Gasteiger partial charge in [0, 0.05) is 5.39 Å². The standard InChI is InChI=1S/C16H16N2O3/c1-3-6-11-15(19)17-14(18-16(11)20)13-9(2)21-12-8-5-4-7-10(12)13/h4-5,7-8H,3,6H2,1-2H3,(H2,17,18,19,20). The number of furan rings is 1. The van der Waals surface area contributed by atoms with Crippen LogP contribution in [0, 0.1) is 6.92 Å². The van der Waals surface area contributed by atoms with Crippen molar-refractivity contribution in [3.63, 3.8) is 0 Å². The van der Waals surface area contributed by atoms with Crippen molar-refractivity contribution in [1.29, 1.82) is 0 Å². The molecule has 0 bridgehead atoms. The van der Waals surface area contributed by atoms with Gasteiger partial charge in [-0.1, -0.05) is 31.5 Å². The number of rotatable bonds is 3. The molecule has 1 aromatic carbocycles. The number of para-hydroxylation sites is 1. The maximum Gasteiger partial charge on any atom is 0.258 e. The lowest BCUT2D eigenvalue weighted by atomic mass is 10.1. The molecule has 0 aliphatic heterocycles. The normalized spacial score (nSPS) is 11.1. The Morgan fingerprint density at radius 3 is 2.81 bits per heavy atom. The van der Waals surface area contributed by atoms with E-state index in [1.165, 1.54) is 0 Å². The van der Waals surface area contributed by atoms with Gasteiger partial charge in [-0.25, -0.2) is 0 Å². The van der Waals surface area contributed by atoms with Crippen molar-refractivity contribution in [2.24, 2.45) is 0 Å². The van der Waals surface area contributed by atoms with Gasteiger partial charge in [0.05, 0.1) is 11.1 Å². The lowest BCUT2D eigenvalue weighted by molar-refractivity contribution is 0.443. The summed E-state index contributed by atoms with van der Waals surface area (Å²) in [5, 5.41) is 10.9. The highest BCUT2D eigenvalue weighted by molar-refractivity contribution is 5.93. The zero-order chi connectivity index (χ0) is 15.0. The summed E-state index contributed by atoms with van der Waals surface area (Å²) in [6.07, 6.45) is 1.27. The van der Waals surface area contributed by atoms with Crippen molar-refractivity contribution >= 4 is 11.0 Å². The second-order valence-electron chi connectivity index (χ2n) is 5.00. The minimum atomic E-state index is -0.302. The number of aromatic nitrogens is 2. The summed E-state index contributed by atoms with van der Waals surface area (Å²) in [7, 11) is 0. The molecule has 0 spiro atoms. The molecular weight excluding hydrogens is 268 g/mol. The van der Waals surface area contributed by atoms with E-state index in [1.54, 1.807) is 0 Å². The van der Waals surface area contributed by atoms with Gasteiger partial charge in [0.1, 0.15) is 17.2 Å². The van der Waals surface area contributed by atoms with Crippen molar-refractivity contribution in [3.05, 3.63) is 45.9 Å². The first-order valence-corrected chi connectivity index (χ1v) is 6.92. The van der Waals surface area contributed by atoms with Crippen LogP contribution in [0.2, 0.25) is 0 Å². The van der Waals surface area contributed by atoms with E-state index in [9.17, 15) is 9.90 Å². The Morgan fingerprint density at radius 2 is 2.10 bits per heavy atom. The van der Waals surface area contributed by atoms with E-state index in [2.05, 4.69) is 9.97 Å². The molecule has 0 aliphatic carbocycles. The molecule has 5 heteroatoms. The average Bonchev–Trinajstić information content (AvgIpc) is 2.78. The van der Waals surface area contributed by atoms with Gasteiger partial charge in [-0.05, 0) is 19.4 Å². The van der Waals surface area contributed by atoms with Crippen LogP contribution in [-0.4, -0.2) is 15.1 Å². The molecule has 21 heavy (non-hydrogen) atoms. The second-order valence-corrected chi connectivity index (χ2v) is 5.00. The molecule has 0 fully saturated rings. The van der Waals surface area contributed by atoms with Crippen molar-refractivity contribution in [1.82, 2.24) is 9.97 Å². The fraction of sp³-hybridized carbons (Fsp3) is 0.250. The number of fused-ring (bicyclic) bond motifs is 1. The summed E-state index contributed by atoms with van der Waals surface area (Å²) in [6, 6.07) is 7.53. The van der Waals surface area contributed by atoms with Gasteiger partial charge >= 0.3 is 0 Å². The highest BCUT2D eigenvalue weighted by Gasteiger charge is 2.17. The monoisotopic (exact) mass is 284 g/mol. The van der Waals surface area contributed by atoms with Crippen LogP contribution in [0.1, 0.15) is 24.7 Å². The number of nitrogens with one attached hydrogen (secondary N) is 1. The number of H-pyrrole nitrogens is 1. The molecule has 3 aromatic rings. The summed E-state index contributed by atoms with van der Waals surface area (Å²) in [4.78, 5) is 19.0. The molecular formula is C16H16N2O3. The van der Waals surface area contributed by atoms with E-state index in [1.807, 2.05) is 38.1 Å². The van der Waals surface area contributed by atoms with Crippen LogP contribution in [0.5, 0.6) is 5.88 Å². The molecule has 5 nitrogen and oxygen atoms in total. The number of aromatic amines is 1. The number of hydrogen-bond acceptors (Lipinski definition) is 4. The minimum Gasteiger partial charge on any atom is -0.493 e. The summed E-state index contributed by atoms with van der Waals surface area (Å²) >= 11 is 0. The van der Waals surface area contributed by atoms with Crippen LogP contribution < -0.4 is 5.56 Å². The van der Waals surface area contributed by atoms with Gasteiger partial charge in [-0.2, -0.15) is 4.98 Å². The highest BCUT2D eigenvalue weighted by atomic mass is 16.3. The van der Waals surface area contributed by atoms with Gasteiger partial charge in [-0.15, -0.1) is 0 Å². The predicted octanol–water partition coefficient (Wildman–Crippen LogP) is 3.15. The van der Waals surface area contributed by atoms with Crippen LogP contribution in [-0.2, 0) is 6.42 Å². The third-order valence-electron chi connectivity index (χ3n) is 3.50.